The first kappa shape index (κ1) is 6.13. The second kappa shape index (κ2) is 2.09. The number of rotatable bonds is 2. The molecule has 0 fully saturated rings. The molecular weight excluding hydrogens is 120 g/mol. The Hall–Kier alpha value is -0.990. The van der Waals surface area contributed by atoms with Gasteiger partial charge in [-0.25, -0.2) is 4.79 Å². The number of hydrogen-bond acceptors (Lipinski definition) is 3. The van der Waals surface area contributed by atoms with Gasteiger partial charge in [-0.1, -0.05) is 0 Å². The molecule has 0 unspecified atom stereocenters. The summed E-state index contributed by atoms with van der Waals surface area (Å²) in [6.45, 7) is 3.89. The topological polar surface area (TPSA) is 38.8 Å². The summed E-state index contributed by atoms with van der Waals surface area (Å²) in [6, 6.07) is 0. The van der Waals surface area contributed by atoms with Crippen LogP contribution in [0.25, 0.3) is 0 Å². The largest absolute Gasteiger partial charge is 0.460 e. The summed E-state index contributed by atoms with van der Waals surface area (Å²) < 4.78 is 9.30. The molecule has 3 heteroatoms. The zero-order chi connectivity index (χ0) is 6.85. The van der Waals surface area contributed by atoms with Crippen molar-refractivity contribution in [2.45, 2.75) is 13.8 Å². The molecule has 0 spiro atoms. The standard InChI is InChI=1S/C6H8O3/c1-3-8-6(7)5-4(2)9-5/h3H2,1-2H3. The van der Waals surface area contributed by atoms with E-state index in [2.05, 4.69) is 9.47 Å². The summed E-state index contributed by atoms with van der Waals surface area (Å²) in [5.74, 6) is 0.695. The summed E-state index contributed by atoms with van der Waals surface area (Å²) in [4.78, 5) is 10.6. The minimum Gasteiger partial charge on any atom is -0.460 e. The molecule has 1 rings (SSSR count). The Morgan fingerprint density at radius 1 is 1.78 bits per heavy atom. The maximum Gasteiger partial charge on any atom is 0.377 e. The highest BCUT2D eigenvalue weighted by Crippen LogP contribution is 2.25. The highest BCUT2D eigenvalue weighted by Gasteiger charge is 2.29. The van der Waals surface area contributed by atoms with Crippen molar-refractivity contribution in [3.05, 3.63) is 11.5 Å². The lowest BCUT2D eigenvalue weighted by atomic mass is 10.5. The third-order valence-corrected chi connectivity index (χ3v) is 0.994. The molecular formula is C6H8O3. The fraction of sp³-hybridized carbons (Fsp3) is 0.500. The lowest BCUT2D eigenvalue weighted by molar-refractivity contribution is -0.139. The van der Waals surface area contributed by atoms with E-state index < -0.39 is 0 Å². The summed E-state index contributed by atoms with van der Waals surface area (Å²) >= 11 is 0. The SMILES string of the molecule is CCOC(=O)C1=C(C)O1. The van der Waals surface area contributed by atoms with Gasteiger partial charge in [0, 0.05) is 0 Å². The molecule has 3 nitrogen and oxygen atoms in total. The predicted molar refractivity (Wildman–Crippen MR) is 30.4 cm³/mol. The van der Waals surface area contributed by atoms with Crippen LogP contribution in [0.3, 0.4) is 0 Å². The van der Waals surface area contributed by atoms with E-state index in [1.54, 1.807) is 13.8 Å². The highest BCUT2D eigenvalue weighted by atomic mass is 16.6. The van der Waals surface area contributed by atoms with Gasteiger partial charge in [0.2, 0.25) is 5.76 Å². The van der Waals surface area contributed by atoms with E-state index in [0.717, 1.165) is 0 Å². The molecule has 1 aliphatic heterocycles. The number of esters is 1. The summed E-state index contributed by atoms with van der Waals surface area (Å²) in [7, 11) is 0. The molecule has 0 amide bonds. The van der Waals surface area contributed by atoms with Gasteiger partial charge in [-0.15, -0.1) is 0 Å². The van der Waals surface area contributed by atoms with Crippen molar-refractivity contribution in [2.75, 3.05) is 6.61 Å². The van der Waals surface area contributed by atoms with Gasteiger partial charge in [0.05, 0.1) is 6.61 Å². The van der Waals surface area contributed by atoms with Gasteiger partial charge in [0.1, 0.15) is 0 Å². The van der Waals surface area contributed by atoms with Gasteiger partial charge in [-0.05, 0) is 13.8 Å². The van der Waals surface area contributed by atoms with Gasteiger partial charge in [-0.3, -0.25) is 0 Å². The van der Waals surface area contributed by atoms with E-state index in [0.29, 0.717) is 18.1 Å². The van der Waals surface area contributed by atoms with Crippen molar-refractivity contribution in [3.63, 3.8) is 0 Å². The second-order valence-electron chi connectivity index (χ2n) is 1.71. The Balaban J connectivity index is 2.37. The minimum atomic E-state index is -0.352. The molecule has 0 aromatic heterocycles. The van der Waals surface area contributed by atoms with Crippen LogP contribution in [-0.2, 0) is 14.3 Å². The van der Waals surface area contributed by atoms with E-state index in [9.17, 15) is 4.79 Å². The summed E-state index contributed by atoms with van der Waals surface area (Å²) in [5, 5.41) is 0. The third kappa shape index (κ3) is 1.22. The van der Waals surface area contributed by atoms with Crippen LogP contribution in [0.4, 0.5) is 0 Å². The van der Waals surface area contributed by atoms with Crippen molar-refractivity contribution < 1.29 is 14.3 Å². The van der Waals surface area contributed by atoms with Crippen LogP contribution >= 0.6 is 0 Å². The number of hydrogen-bond donors (Lipinski definition) is 0. The molecule has 0 aromatic rings. The maximum atomic E-state index is 10.6. The van der Waals surface area contributed by atoms with Crippen LogP contribution in [0.2, 0.25) is 0 Å². The minimum absolute atomic E-state index is 0.352. The van der Waals surface area contributed by atoms with Crippen LogP contribution in [0.15, 0.2) is 11.5 Å². The molecule has 1 aliphatic rings. The van der Waals surface area contributed by atoms with Crippen molar-refractivity contribution in [3.8, 4) is 0 Å². The van der Waals surface area contributed by atoms with Crippen molar-refractivity contribution in [2.24, 2.45) is 0 Å². The molecule has 0 atom stereocenters. The van der Waals surface area contributed by atoms with Crippen LogP contribution in [0.5, 0.6) is 0 Å². The molecule has 0 N–H and O–H groups in total. The van der Waals surface area contributed by atoms with Gasteiger partial charge in [-0.2, -0.15) is 0 Å². The quantitative estimate of drug-likeness (QED) is 0.516. The normalized spacial score (nSPS) is 14.9. The number of carbonyl (C=O) groups is 1. The first-order valence-electron chi connectivity index (χ1n) is 2.81. The van der Waals surface area contributed by atoms with Gasteiger partial charge in [0.15, 0.2) is 5.76 Å². The van der Waals surface area contributed by atoms with Crippen LogP contribution in [0, 0.1) is 0 Å². The first-order chi connectivity index (χ1) is 4.25. The molecule has 0 saturated heterocycles. The first-order valence-corrected chi connectivity index (χ1v) is 2.81. The van der Waals surface area contributed by atoms with Crippen molar-refractivity contribution in [1.29, 1.82) is 0 Å². The smallest absolute Gasteiger partial charge is 0.377 e. The third-order valence-electron chi connectivity index (χ3n) is 0.994. The monoisotopic (exact) mass is 128 g/mol. The molecule has 9 heavy (non-hydrogen) atoms. The number of allylic oxidation sites excluding steroid dienone is 1. The number of ether oxygens (including phenoxy) is 2. The van der Waals surface area contributed by atoms with Gasteiger partial charge < -0.3 is 9.47 Å². The molecule has 0 aromatic carbocycles. The zero-order valence-electron chi connectivity index (χ0n) is 5.43. The van der Waals surface area contributed by atoms with Crippen LogP contribution < -0.4 is 0 Å². The second-order valence-corrected chi connectivity index (χ2v) is 1.71. The molecule has 0 aliphatic carbocycles. The molecule has 0 radical (unpaired) electrons. The molecule has 1 heterocycles. The van der Waals surface area contributed by atoms with Crippen LogP contribution in [-0.4, -0.2) is 12.6 Å². The highest BCUT2D eigenvalue weighted by molar-refractivity contribution is 5.90. The fourth-order valence-electron chi connectivity index (χ4n) is 0.510. The van der Waals surface area contributed by atoms with Gasteiger partial charge >= 0.3 is 5.97 Å². The summed E-state index contributed by atoms with van der Waals surface area (Å²) in [5.41, 5.74) is 0. The zero-order valence-corrected chi connectivity index (χ0v) is 5.43. The molecule has 50 valence electrons. The van der Waals surface area contributed by atoms with E-state index in [1.807, 2.05) is 0 Å². The molecule has 0 saturated carbocycles. The van der Waals surface area contributed by atoms with Crippen LogP contribution in [0.1, 0.15) is 13.8 Å². The Morgan fingerprint density at radius 3 is 2.67 bits per heavy atom. The van der Waals surface area contributed by atoms with Gasteiger partial charge in [0.25, 0.3) is 0 Å². The Bertz CT molecular complexity index is 169. The van der Waals surface area contributed by atoms with E-state index in [-0.39, 0.29) is 5.97 Å². The average Bonchev–Trinajstić information content (AvgIpc) is 2.47. The summed E-state index contributed by atoms with van der Waals surface area (Å²) in [6.07, 6.45) is 0. The Labute approximate surface area is 53.3 Å². The fourth-order valence-corrected chi connectivity index (χ4v) is 0.510. The van der Waals surface area contributed by atoms with E-state index in [4.69, 9.17) is 0 Å². The Kier molecular flexibility index (Phi) is 1.42. The lowest BCUT2D eigenvalue weighted by Gasteiger charge is -1.91. The average molecular weight is 128 g/mol. The van der Waals surface area contributed by atoms with E-state index in [1.165, 1.54) is 0 Å². The Morgan fingerprint density at radius 2 is 2.33 bits per heavy atom. The van der Waals surface area contributed by atoms with E-state index >= 15 is 0 Å². The predicted octanol–water partition coefficient (Wildman–Crippen LogP) is 0.811. The van der Waals surface area contributed by atoms with Crippen molar-refractivity contribution in [1.82, 2.24) is 0 Å². The van der Waals surface area contributed by atoms with Crippen molar-refractivity contribution >= 4 is 5.97 Å². The molecule has 0 bridgehead atoms. The number of carbonyl (C=O) groups excluding carboxylic acids is 1. The lowest BCUT2D eigenvalue weighted by Crippen LogP contribution is -2.01. The maximum absolute atomic E-state index is 10.6.